The van der Waals surface area contributed by atoms with Crippen molar-refractivity contribution < 1.29 is 0 Å². The van der Waals surface area contributed by atoms with Crippen LogP contribution in [0.25, 0.3) is 10.9 Å². The molecular weight excluding hydrogens is 243 g/mol. The quantitative estimate of drug-likeness (QED) is 0.788. The van der Waals surface area contributed by atoms with Crippen LogP contribution >= 0.6 is 23.2 Å². The van der Waals surface area contributed by atoms with E-state index in [9.17, 15) is 0 Å². The van der Waals surface area contributed by atoms with Crippen molar-refractivity contribution in [1.29, 1.82) is 0 Å². The SMILES string of the molecule is CC(C)(N)c1ccc2nc(Cl)ccc2c1Cl. The van der Waals surface area contributed by atoms with Crippen LogP contribution in [-0.2, 0) is 5.54 Å². The van der Waals surface area contributed by atoms with E-state index in [1.54, 1.807) is 6.07 Å². The Hall–Kier alpha value is -0.830. The summed E-state index contributed by atoms with van der Waals surface area (Å²) in [6.45, 7) is 3.84. The van der Waals surface area contributed by atoms with Crippen LogP contribution in [0.4, 0.5) is 0 Å². The molecule has 2 N–H and O–H groups in total. The lowest BCUT2D eigenvalue weighted by Gasteiger charge is -2.21. The average Bonchev–Trinajstić information content (AvgIpc) is 2.15. The highest BCUT2D eigenvalue weighted by Gasteiger charge is 2.19. The van der Waals surface area contributed by atoms with Gasteiger partial charge in [0, 0.05) is 10.9 Å². The Balaban J connectivity index is 2.75. The molecule has 0 aliphatic carbocycles. The van der Waals surface area contributed by atoms with Gasteiger partial charge in [0.15, 0.2) is 0 Å². The van der Waals surface area contributed by atoms with Gasteiger partial charge in [-0.15, -0.1) is 0 Å². The summed E-state index contributed by atoms with van der Waals surface area (Å²) in [5.41, 5.74) is 7.27. The summed E-state index contributed by atoms with van der Waals surface area (Å²) in [5, 5.41) is 1.99. The Morgan fingerprint density at radius 2 is 1.81 bits per heavy atom. The third kappa shape index (κ3) is 2.01. The number of fused-ring (bicyclic) bond motifs is 1. The molecule has 4 heteroatoms. The van der Waals surface area contributed by atoms with E-state index in [0.717, 1.165) is 16.5 Å². The second-order valence-corrected chi connectivity index (χ2v) is 5.11. The highest BCUT2D eigenvalue weighted by molar-refractivity contribution is 6.36. The first-order valence-corrected chi connectivity index (χ1v) is 5.69. The van der Waals surface area contributed by atoms with Crippen LogP contribution in [0.15, 0.2) is 24.3 Å². The average molecular weight is 255 g/mol. The molecule has 2 rings (SSSR count). The fraction of sp³-hybridized carbons (Fsp3) is 0.250. The van der Waals surface area contributed by atoms with E-state index in [4.69, 9.17) is 28.9 Å². The third-order valence-corrected chi connectivity index (χ3v) is 3.08. The zero-order valence-corrected chi connectivity index (χ0v) is 10.6. The van der Waals surface area contributed by atoms with E-state index in [2.05, 4.69) is 4.98 Å². The van der Waals surface area contributed by atoms with Crippen molar-refractivity contribution in [1.82, 2.24) is 4.98 Å². The number of hydrogen-bond acceptors (Lipinski definition) is 2. The summed E-state index contributed by atoms with van der Waals surface area (Å²) in [6, 6.07) is 7.37. The van der Waals surface area contributed by atoms with Crippen LogP contribution in [0.3, 0.4) is 0 Å². The Kier molecular flexibility index (Phi) is 2.82. The Morgan fingerprint density at radius 3 is 2.44 bits per heavy atom. The van der Waals surface area contributed by atoms with Crippen molar-refractivity contribution in [3.05, 3.63) is 40.0 Å². The van der Waals surface area contributed by atoms with E-state index in [1.807, 2.05) is 32.0 Å². The fourth-order valence-electron chi connectivity index (χ4n) is 1.64. The number of hydrogen-bond donors (Lipinski definition) is 1. The number of pyridine rings is 1. The predicted molar refractivity (Wildman–Crippen MR) is 69.0 cm³/mol. The largest absolute Gasteiger partial charge is 0.322 e. The van der Waals surface area contributed by atoms with Gasteiger partial charge >= 0.3 is 0 Å². The Morgan fingerprint density at radius 1 is 1.12 bits per heavy atom. The van der Waals surface area contributed by atoms with Gasteiger partial charge in [-0.3, -0.25) is 0 Å². The maximum Gasteiger partial charge on any atom is 0.129 e. The first kappa shape index (κ1) is 11.6. The number of nitrogens with two attached hydrogens (primary N) is 1. The van der Waals surface area contributed by atoms with Gasteiger partial charge in [-0.1, -0.05) is 29.3 Å². The van der Waals surface area contributed by atoms with E-state index >= 15 is 0 Å². The molecule has 0 spiro atoms. The summed E-state index contributed by atoms with van der Waals surface area (Å²) < 4.78 is 0. The van der Waals surface area contributed by atoms with Gasteiger partial charge in [0.05, 0.1) is 10.5 Å². The van der Waals surface area contributed by atoms with Crippen LogP contribution < -0.4 is 5.73 Å². The van der Waals surface area contributed by atoms with Crippen LogP contribution in [0, 0.1) is 0 Å². The number of halogens is 2. The topological polar surface area (TPSA) is 38.9 Å². The molecule has 0 saturated heterocycles. The number of rotatable bonds is 1. The van der Waals surface area contributed by atoms with E-state index in [-0.39, 0.29) is 0 Å². The molecule has 16 heavy (non-hydrogen) atoms. The van der Waals surface area contributed by atoms with Crippen molar-refractivity contribution in [3.8, 4) is 0 Å². The van der Waals surface area contributed by atoms with Gasteiger partial charge in [0.25, 0.3) is 0 Å². The van der Waals surface area contributed by atoms with Crippen molar-refractivity contribution >= 4 is 34.1 Å². The van der Waals surface area contributed by atoms with Gasteiger partial charge in [0.2, 0.25) is 0 Å². The molecule has 1 aromatic carbocycles. The monoisotopic (exact) mass is 254 g/mol. The summed E-state index contributed by atoms with van der Waals surface area (Å²) in [6.07, 6.45) is 0. The number of aromatic nitrogens is 1. The second kappa shape index (κ2) is 3.88. The highest BCUT2D eigenvalue weighted by Crippen LogP contribution is 2.32. The molecule has 0 atom stereocenters. The van der Waals surface area contributed by atoms with Crippen LogP contribution in [-0.4, -0.2) is 4.98 Å². The minimum absolute atomic E-state index is 0.461. The van der Waals surface area contributed by atoms with E-state index < -0.39 is 5.54 Å². The van der Waals surface area contributed by atoms with Gasteiger partial charge in [0.1, 0.15) is 5.15 Å². The standard InChI is InChI=1S/C12H12Cl2N2/c1-12(2,15)8-4-5-9-7(11(8)14)3-6-10(13)16-9/h3-6H,15H2,1-2H3. The molecule has 0 aliphatic rings. The smallest absolute Gasteiger partial charge is 0.129 e. The number of nitrogens with zero attached hydrogens (tertiary/aromatic N) is 1. The van der Waals surface area contributed by atoms with Crippen molar-refractivity contribution in [2.24, 2.45) is 5.73 Å². The zero-order valence-electron chi connectivity index (χ0n) is 9.09. The highest BCUT2D eigenvalue weighted by atomic mass is 35.5. The zero-order chi connectivity index (χ0) is 11.9. The maximum absolute atomic E-state index is 6.32. The molecule has 84 valence electrons. The molecule has 2 nitrogen and oxygen atoms in total. The third-order valence-electron chi connectivity index (χ3n) is 2.47. The Labute approximate surface area is 104 Å². The second-order valence-electron chi connectivity index (χ2n) is 4.35. The lowest BCUT2D eigenvalue weighted by Crippen LogP contribution is -2.29. The summed E-state index contributed by atoms with van der Waals surface area (Å²) in [4.78, 5) is 4.20. The summed E-state index contributed by atoms with van der Waals surface area (Å²) in [5.74, 6) is 0. The van der Waals surface area contributed by atoms with Gasteiger partial charge in [-0.05, 0) is 37.6 Å². The van der Waals surface area contributed by atoms with Gasteiger partial charge in [-0.2, -0.15) is 0 Å². The number of benzene rings is 1. The van der Waals surface area contributed by atoms with Crippen LogP contribution in [0.5, 0.6) is 0 Å². The molecule has 0 amide bonds. The fourth-order valence-corrected chi connectivity index (χ4v) is 2.26. The molecule has 0 radical (unpaired) electrons. The molecule has 1 heterocycles. The molecule has 1 aromatic heterocycles. The molecular formula is C12H12Cl2N2. The molecule has 0 bridgehead atoms. The first-order chi connectivity index (χ1) is 7.39. The van der Waals surface area contributed by atoms with Gasteiger partial charge in [-0.25, -0.2) is 4.98 Å². The molecule has 2 aromatic rings. The van der Waals surface area contributed by atoms with Crippen LogP contribution in [0.1, 0.15) is 19.4 Å². The van der Waals surface area contributed by atoms with E-state index in [1.165, 1.54) is 0 Å². The minimum atomic E-state index is -0.467. The van der Waals surface area contributed by atoms with E-state index in [0.29, 0.717) is 10.2 Å². The van der Waals surface area contributed by atoms with Crippen molar-refractivity contribution in [2.45, 2.75) is 19.4 Å². The molecule has 0 aliphatic heterocycles. The molecule has 0 fully saturated rings. The predicted octanol–water partition coefficient (Wildman–Crippen LogP) is 3.74. The lowest BCUT2D eigenvalue weighted by molar-refractivity contribution is 0.555. The first-order valence-electron chi connectivity index (χ1n) is 4.94. The molecule has 0 unspecified atom stereocenters. The summed E-state index contributed by atoms with van der Waals surface area (Å²) in [7, 11) is 0. The lowest BCUT2D eigenvalue weighted by atomic mass is 9.94. The maximum atomic E-state index is 6.32. The normalized spacial score (nSPS) is 12.1. The Bertz CT molecular complexity index is 544. The molecule has 0 saturated carbocycles. The van der Waals surface area contributed by atoms with Crippen molar-refractivity contribution in [2.75, 3.05) is 0 Å². The summed E-state index contributed by atoms with van der Waals surface area (Å²) >= 11 is 12.1. The van der Waals surface area contributed by atoms with Crippen molar-refractivity contribution in [3.63, 3.8) is 0 Å². The van der Waals surface area contributed by atoms with Crippen LogP contribution in [0.2, 0.25) is 10.2 Å². The minimum Gasteiger partial charge on any atom is -0.322 e. The van der Waals surface area contributed by atoms with Gasteiger partial charge < -0.3 is 5.73 Å².